The lowest BCUT2D eigenvalue weighted by molar-refractivity contribution is -0.146. The zero-order valence-electron chi connectivity index (χ0n) is 24.4. The molecule has 224 valence electrons. The predicted molar refractivity (Wildman–Crippen MR) is 163 cm³/mol. The Morgan fingerprint density at radius 3 is 2.12 bits per heavy atom. The molecule has 2 aliphatic heterocycles. The van der Waals surface area contributed by atoms with Crippen molar-refractivity contribution in [2.45, 2.75) is 62.6 Å². The molecule has 0 aliphatic carbocycles. The fourth-order valence-corrected chi connectivity index (χ4v) is 7.58. The smallest absolute Gasteiger partial charge is 0.328 e. The SMILES string of the molecule is CCC1CCC(C)[C@@H](C(=O)N[C@@H](Cc2ccc(N3C(=O)c4ccccc4C3=O)cc2)C(=O)OC)N1S(=O)c1ccccc1. The Bertz CT molecular complexity index is 1510. The van der Waals surface area contributed by atoms with Gasteiger partial charge in [-0.3, -0.25) is 14.4 Å². The number of piperidine rings is 1. The fraction of sp³-hybridized carbons (Fsp3) is 0.333. The minimum absolute atomic E-state index is 0.0562. The van der Waals surface area contributed by atoms with Crippen molar-refractivity contribution in [2.24, 2.45) is 5.92 Å². The minimum atomic E-state index is -1.56. The number of amides is 3. The van der Waals surface area contributed by atoms with Crippen LogP contribution in [0.4, 0.5) is 5.69 Å². The number of rotatable bonds is 9. The van der Waals surface area contributed by atoms with Gasteiger partial charge in [0.2, 0.25) is 5.91 Å². The van der Waals surface area contributed by atoms with Crippen LogP contribution >= 0.6 is 0 Å². The van der Waals surface area contributed by atoms with E-state index in [1.807, 2.05) is 32.0 Å². The first-order valence-corrected chi connectivity index (χ1v) is 15.6. The largest absolute Gasteiger partial charge is 0.467 e. The summed E-state index contributed by atoms with van der Waals surface area (Å²) in [6.45, 7) is 3.99. The van der Waals surface area contributed by atoms with Crippen molar-refractivity contribution in [3.63, 3.8) is 0 Å². The Balaban J connectivity index is 1.35. The highest BCUT2D eigenvalue weighted by molar-refractivity contribution is 7.82. The van der Waals surface area contributed by atoms with Gasteiger partial charge >= 0.3 is 5.97 Å². The Morgan fingerprint density at radius 1 is 0.930 bits per heavy atom. The van der Waals surface area contributed by atoms with Gasteiger partial charge in [0.05, 0.1) is 28.8 Å². The molecular weight excluding hydrogens is 566 g/mol. The van der Waals surface area contributed by atoms with Gasteiger partial charge in [-0.05, 0) is 67.1 Å². The molecule has 3 aromatic rings. The number of hydrogen-bond acceptors (Lipinski definition) is 6. The lowest BCUT2D eigenvalue weighted by Crippen LogP contribution is -2.59. The van der Waals surface area contributed by atoms with E-state index in [0.29, 0.717) is 27.3 Å². The van der Waals surface area contributed by atoms with Gasteiger partial charge in [-0.1, -0.05) is 56.3 Å². The first-order chi connectivity index (χ1) is 20.7. The summed E-state index contributed by atoms with van der Waals surface area (Å²) in [7, 11) is -0.301. The molecule has 3 unspecified atom stereocenters. The molecule has 3 amide bonds. The van der Waals surface area contributed by atoms with Crippen molar-refractivity contribution >= 4 is 40.4 Å². The molecule has 5 rings (SSSR count). The third-order valence-corrected chi connectivity index (χ3v) is 9.82. The van der Waals surface area contributed by atoms with Gasteiger partial charge in [0, 0.05) is 12.5 Å². The number of fused-ring (bicyclic) bond motifs is 1. The summed E-state index contributed by atoms with van der Waals surface area (Å²) in [5, 5.41) is 2.88. The molecular formula is C33H35N3O6S. The summed E-state index contributed by atoms with van der Waals surface area (Å²) in [6, 6.07) is 20.7. The van der Waals surface area contributed by atoms with Gasteiger partial charge < -0.3 is 10.1 Å². The average Bonchev–Trinajstić information content (AvgIpc) is 3.29. The summed E-state index contributed by atoms with van der Waals surface area (Å²) in [5.41, 5.74) is 1.82. The average molecular weight is 602 g/mol. The number of anilines is 1. The van der Waals surface area contributed by atoms with Crippen LogP contribution < -0.4 is 10.2 Å². The zero-order chi connectivity index (χ0) is 30.7. The van der Waals surface area contributed by atoms with E-state index in [-0.39, 0.29) is 24.3 Å². The topological polar surface area (TPSA) is 113 Å². The molecule has 9 nitrogen and oxygen atoms in total. The summed E-state index contributed by atoms with van der Waals surface area (Å²) in [4.78, 5) is 54.2. The molecule has 1 fully saturated rings. The summed E-state index contributed by atoms with van der Waals surface area (Å²) in [6.07, 6.45) is 2.47. The van der Waals surface area contributed by atoms with E-state index in [4.69, 9.17) is 4.74 Å². The lowest BCUT2D eigenvalue weighted by atomic mass is 9.87. The number of benzene rings is 3. The number of methoxy groups -OCH3 is 1. The van der Waals surface area contributed by atoms with Crippen LogP contribution in [0.25, 0.3) is 0 Å². The summed E-state index contributed by atoms with van der Waals surface area (Å²) >= 11 is 0. The van der Waals surface area contributed by atoms with E-state index in [2.05, 4.69) is 5.32 Å². The highest BCUT2D eigenvalue weighted by Crippen LogP contribution is 2.33. The predicted octanol–water partition coefficient (Wildman–Crippen LogP) is 4.29. The number of imide groups is 1. The van der Waals surface area contributed by atoms with Gasteiger partial charge in [-0.25, -0.2) is 18.2 Å². The third-order valence-electron chi connectivity index (χ3n) is 8.24. The van der Waals surface area contributed by atoms with Crippen LogP contribution in [0.3, 0.4) is 0 Å². The van der Waals surface area contributed by atoms with Gasteiger partial charge in [0.1, 0.15) is 23.1 Å². The number of nitrogens with zero attached hydrogens (tertiary/aromatic N) is 2. The first-order valence-electron chi connectivity index (χ1n) is 14.4. The number of carbonyl (C=O) groups is 4. The van der Waals surface area contributed by atoms with E-state index in [1.54, 1.807) is 65.0 Å². The molecule has 5 atom stereocenters. The first kappa shape index (κ1) is 30.3. The molecule has 3 aromatic carbocycles. The molecule has 0 spiro atoms. The Morgan fingerprint density at radius 2 is 1.53 bits per heavy atom. The van der Waals surface area contributed by atoms with Gasteiger partial charge in [0.25, 0.3) is 11.8 Å². The van der Waals surface area contributed by atoms with E-state index in [0.717, 1.165) is 24.2 Å². The second kappa shape index (κ2) is 13.0. The van der Waals surface area contributed by atoms with Gasteiger partial charge in [0.15, 0.2) is 0 Å². The number of hydrogen-bond donors (Lipinski definition) is 1. The Labute approximate surface area is 253 Å². The molecule has 1 N–H and O–H groups in total. The molecule has 2 heterocycles. The molecule has 0 bridgehead atoms. The van der Waals surface area contributed by atoms with Crippen LogP contribution in [0.2, 0.25) is 0 Å². The van der Waals surface area contributed by atoms with Crippen LogP contribution in [-0.4, -0.2) is 57.4 Å². The summed E-state index contributed by atoms with van der Waals surface area (Å²) < 4.78 is 20.6. The quantitative estimate of drug-likeness (QED) is 0.289. The van der Waals surface area contributed by atoms with Crippen LogP contribution in [0, 0.1) is 5.92 Å². The Kier molecular flexibility index (Phi) is 9.17. The fourth-order valence-electron chi connectivity index (χ4n) is 5.91. The van der Waals surface area contributed by atoms with Crippen molar-refractivity contribution in [1.82, 2.24) is 9.62 Å². The number of nitrogens with one attached hydrogen (secondary N) is 1. The maximum Gasteiger partial charge on any atom is 0.328 e. The maximum absolute atomic E-state index is 13.9. The molecule has 43 heavy (non-hydrogen) atoms. The highest BCUT2D eigenvalue weighted by Gasteiger charge is 2.43. The number of carbonyl (C=O) groups excluding carboxylic acids is 4. The second-order valence-electron chi connectivity index (χ2n) is 10.9. The molecule has 2 aliphatic rings. The zero-order valence-corrected chi connectivity index (χ0v) is 25.2. The van der Waals surface area contributed by atoms with E-state index in [9.17, 15) is 23.4 Å². The second-order valence-corrected chi connectivity index (χ2v) is 12.3. The third kappa shape index (κ3) is 6.03. The Hall–Kier alpha value is -4.15. The standard InChI is InChI=1S/C33H35N3O6S/c1-4-23-17-14-21(2)29(36(23)43(41)25-10-6-5-7-11-25)30(37)34-28(33(40)42-3)20-22-15-18-24(19-16-22)35-31(38)26-12-8-9-13-27(26)32(35)39/h5-13,15-16,18-19,21,23,28-29H,4,14,17,20H2,1-3H3,(H,34,37)/t21?,23?,28-,29-,43?/m0/s1. The van der Waals surface area contributed by atoms with Crippen molar-refractivity contribution in [2.75, 3.05) is 12.0 Å². The van der Waals surface area contributed by atoms with E-state index < -0.39 is 40.9 Å². The number of ether oxygens (including phenoxy) is 1. The molecule has 0 saturated carbocycles. The van der Waals surface area contributed by atoms with Crippen LogP contribution in [0.1, 0.15) is 59.4 Å². The van der Waals surface area contributed by atoms with Crippen molar-refractivity contribution in [3.05, 3.63) is 95.6 Å². The normalized spacial score (nSPS) is 21.7. The minimum Gasteiger partial charge on any atom is -0.467 e. The number of esters is 1. The molecule has 10 heteroatoms. The lowest BCUT2D eigenvalue weighted by Gasteiger charge is -2.43. The molecule has 0 aromatic heterocycles. The van der Waals surface area contributed by atoms with Crippen molar-refractivity contribution in [3.8, 4) is 0 Å². The molecule has 0 radical (unpaired) electrons. The van der Waals surface area contributed by atoms with Crippen LogP contribution in [-0.2, 0) is 31.7 Å². The maximum atomic E-state index is 13.9. The molecule has 1 saturated heterocycles. The summed E-state index contributed by atoms with van der Waals surface area (Å²) in [5.74, 6) is -1.86. The monoisotopic (exact) mass is 601 g/mol. The van der Waals surface area contributed by atoms with Gasteiger partial charge in [-0.15, -0.1) is 0 Å². The van der Waals surface area contributed by atoms with E-state index in [1.165, 1.54) is 7.11 Å². The van der Waals surface area contributed by atoms with Gasteiger partial charge in [-0.2, -0.15) is 0 Å². The van der Waals surface area contributed by atoms with Crippen LogP contribution in [0.15, 0.2) is 83.8 Å². The highest BCUT2D eigenvalue weighted by atomic mass is 32.2. The van der Waals surface area contributed by atoms with E-state index >= 15 is 0 Å². The van der Waals surface area contributed by atoms with Crippen LogP contribution in [0.5, 0.6) is 0 Å². The van der Waals surface area contributed by atoms with Crippen molar-refractivity contribution < 1.29 is 28.1 Å². The van der Waals surface area contributed by atoms with Crippen molar-refractivity contribution in [1.29, 1.82) is 0 Å².